The number of ether oxygens (including phenoxy) is 1. The highest BCUT2D eigenvalue weighted by Crippen LogP contribution is 2.25. The molecule has 1 aliphatic heterocycles. The number of hydrogen-bond donors (Lipinski definition) is 0. The van der Waals surface area contributed by atoms with E-state index in [1.54, 1.807) is 6.07 Å². The van der Waals surface area contributed by atoms with Gasteiger partial charge in [-0.3, -0.25) is 0 Å². The Labute approximate surface area is 104 Å². The lowest BCUT2D eigenvalue weighted by molar-refractivity contribution is -0.00662. The van der Waals surface area contributed by atoms with E-state index in [1.807, 2.05) is 18.7 Å². The monoisotopic (exact) mass is 250 g/mol. The summed E-state index contributed by atoms with van der Waals surface area (Å²) in [6.07, 6.45) is 0.279. The van der Waals surface area contributed by atoms with Gasteiger partial charge in [0.1, 0.15) is 11.3 Å². The zero-order valence-electron chi connectivity index (χ0n) is 10.4. The number of anilines is 1. The van der Waals surface area contributed by atoms with E-state index in [2.05, 4.69) is 4.98 Å². The Kier molecular flexibility index (Phi) is 2.70. The van der Waals surface area contributed by atoms with Crippen molar-refractivity contribution < 1.29 is 13.5 Å². The second-order valence-corrected chi connectivity index (χ2v) is 4.77. The standard InChI is InChI=1S/C13H15FN2O2/c1-8-6-16(7-9(2)17-8)13-15-11-4-3-10(14)5-12(11)18-13/h3-5,8-9H,6-7H2,1-2H3. The lowest BCUT2D eigenvalue weighted by atomic mass is 10.2. The molecular formula is C13H15FN2O2. The second kappa shape index (κ2) is 4.24. The van der Waals surface area contributed by atoms with Crippen LogP contribution >= 0.6 is 0 Å². The fourth-order valence-electron chi connectivity index (χ4n) is 2.36. The minimum absolute atomic E-state index is 0.139. The van der Waals surface area contributed by atoms with E-state index in [4.69, 9.17) is 9.15 Å². The molecule has 1 aromatic carbocycles. The molecule has 1 aliphatic rings. The van der Waals surface area contributed by atoms with Crippen LogP contribution in [0.25, 0.3) is 11.1 Å². The van der Waals surface area contributed by atoms with Crippen LogP contribution in [0.3, 0.4) is 0 Å². The van der Waals surface area contributed by atoms with E-state index in [0.717, 1.165) is 13.1 Å². The van der Waals surface area contributed by atoms with E-state index in [-0.39, 0.29) is 18.0 Å². The summed E-state index contributed by atoms with van der Waals surface area (Å²) in [7, 11) is 0. The number of fused-ring (bicyclic) bond motifs is 1. The number of rotatable bonds is 1. The SMILES string of the molecule is CC1CN(c2nc3ccc(F)cc3o2)CC(C)O1. The largest absolute Gasteiger partial charge is 0.423 e. The molecule has 1 fully saturated rings. The van der Waals surface area contributed by atoms with Crippen LogP contribution in [-0.4, -0.2) is 30.3 Å². The predicted molar refractivity (Wildman–Crippen MR) is 66.2 cm³/mol. The number of halogens is 1. The van der Waals surface area contributed by atoms with Gasteiger partial charge in [-0.1, -0.05) is 0 Å². The minimum atomic E-state index is -0.311. The van der Waals surface area contributed by atoms with Gasteiger partial charge in [0.2, 0.25) is 0 Å². The molecular weight excluding hydrogens is 235 g/mol. The lowest BCUT2D eigenvalue weighted by Crippen LogP contribution is -2.45. The van der Waals surface area contributed by atoms with Crippen LogP contribution in [0, 0.1) is 5.82 Å². The van der Waals surface area contributed by atoms with Crippen molar-refractivity contribution in [3.8, 4) is 0 Å². The van der Waals surface area contributed by atoms with Crippen LogP contribution in [0.2, 0.25) is 0 Å². The molecule has 0 N–H and O–H groups in total. The van der Waals surface area contributed by atoms with Crippen molar-refractivity contribution in [1.82, 2.24) is 4.98 Å². The average Bonchev–Trinajstić information content (AvgIpc) is 2.70. The first-order valence-electron chi connectivity index (χ1n) is 6.08. The van der Waals surface area contributed by atoms with Gasteiger partial charge in [0.25, 0.3) is 6.01 Å². The number of benzene rings is 1. The lowest BCUT2D eigenvalue weighted by Gasteiger charge is -2.34. The molecule has 2 unspecified atom stereocenters. The van der Waals surface area contributed by atoms with Crippen LogP contribution < -0.4 is 4.90 Å². The Morgan fingerprint density at radius 1 is 1.28 bits per heavy atom. The maximum absolute atomic E-state index is 13.1. The van der Waals surface area contributed by atoms with E-state index in [9.17, 15) is 4.39 Å². The maximum Gasteiger partial charge on any atom is 0.298 e. The number of morpholine rings is 1. The zero-order valence-corrected chi connectivity index (χ0v) is 10.4. The number of nitrogens with zero attached hydrogens (tertiary/aromatic N) is 2. The fraction of sp³-hybridized carbons (Fsp3) is 0.462. The molecule has 5 heteroatoms. The summed E-state index contributed by atoms with van der Waals surface area (Å²) < 4.78 is 24.4. The van der Waals surface area contributed by atoms with Gasteiger partial charge in [0.15, 0.2) is 5.58 Å². The Hall–Kier alpha value is -1.62. The molecule has 0 spiro atoms. The van der Waals surface area contributed by atoms with Crippen molar-refractivity contribution in [3.05, 3.63) is 24.0 Å². The molecule has 18 heavy (non-hydrogen) atoms. The molecule has 2 aromatic rings. The molecule has 0 aliphatic carbocycles. The first-order valence-corrected chi connectivity index (χ1v) is 6.08. The van der Waals surface area contributed by atoms with Gasteiger partial charge in [-0.25, -0.2) is 4.39 Å². The van der Waals surface area contributed by atoms with Crippen molar-refractivity contribution in [2.24, 2.45) is 0 Å². The summed E-state index contributed by atoms with van der Waals surface area (Å²) in [5, 5.41) is 0. The smallest absolute Gasteiger partial charge is 0.298 e. The van der Waals surface area contributed by atoms with Crippen LogP contribution in [-0.2, 0) is 4.74 Å². The third-order valence-corrected chi connectivity index (χ3v) is 3.03. The number of hydrogen-bond acceptors (Lipinski definition) is 4. The van der Waals surface area contributed by atoms with Crippen LogP contribution in [0.15, 0.2) is 22.6 Å². The van der Waals surface area contributed by atoms with Crippen molar-refractivity contribution in [2.75, 3.05) is 18.0 Å². The topological polar surface area (TPSA) is 38.5 Å². The summed E-state index contributed by atoms with van der Waals surface area (Å²) in [5.74, 6) is -0.311. The van der Waals surface area contributed by atoms with Crippen molar-refractivity contribution in [3.63, 3.8) is 0 Å². The molecule has 0 amide bonds. The summed E-state index contributed by atoms with van der Waals surface area (Å²) in [6.45, 7) is 5.51. The molecule has 0 saturated carbocycles. The van der Waals surface area contributed by atoms with Crippen molar-refractivity contribution >= 4 is 17.1 Å². The summed E-state index contributed by atoms with van der Waals surface area (Å²) in [6, 6.07) is 4.92. The summed E-state index contributed by atoms with van der Waals surface area (Å²) in [4.78, 5) is 6.42. The van der Waals surface area contributed by atoms with E-state index in [1.165, 1.54) is 12.1 Å². The Bertz CT molecular complexity index is 559. The van der Waals surface area contributed by atoms with Gasteiger partial charge in [0.05, 0.1) is 12.2 Å². The Morgan fingerprint density at radius 3 is 2.72 bits per heavy atom. The molecule has 1 aromatic heterocycles. The first-order chi connectivity index (χ1) is 8.61. The molecule has 0 bridgehead atoms. The molecule has 0 radical (unpaired) electrons. The van der Waals surface area contributed by atoms with E-state index >= 15 is 0 Å². The minimum Gasteiger partial charge on any atom is -0.423 e. The molecule has 1 saturated heterocycles. The van der Waals surface area contributed by atoms with Gasteiger partial charge in [-0.15, -0.1) is 0 Å². The first kappa shape index (κ1) is 11.5. The molecule has 4 nitrogen and oxygen atoms in total. The zero-order chi connectivity index (χ0) is 12.7. The Balaban J connectivity index is 1.93. The van der Waals surface area contributed by atoms with Crippen LogP contribution in [0.1, 0.15) is 13.8 Å². The molecule has 96 valence electrons. The normalized spacial score (nSPS) is 24.7. The fourth-order valence-corrected chi connectivity index (χ4v) is 2.36. The quantitative estimate of drug-likeness (QED) is 0.779. The highest BCUT2D eigenvalue weighted by atomic mass is 19.1. The molecule has 3 rings (SSSR count). The number of aromatic nitrogens is 1. The molecule has 2 atom stereocenters. The van der Waals surface area contributed by atoms with Crippen LogP contribution in [0.4, 0.5) is 10.4 Å². The van der Waals surface area contributed by atoms with Crippen molar-refractivity contribution in [1.29, 1.82) is 0 Å². The number of oxazole rings is 1. The van der Waals surface area contributed by atoms with Gasteiger partial charge in [-0.05, 0) is 26.0 Å². The van der Waals surface area contributed by atoms with Gasteiger partial charge >= 0.3 is 0 Å². The van der Waals surface area contributed by atoms with E-state index < -0.39 is 0 Å². The summed E-state index contributed by atoms with van der Waals surface area (Å²) >= 11 is 0. The third kappa shape index (κ3) is 2.06. The highest BCUT2D eigenvalue weighted by Gasteiger charge is 2.25. The highest BCUT2D eigenvalue weighted by molar-refractivity contribution is 5.74. The summed E-state index contributed by atoms with van der Waals surface area (Å²) in [5.41, 5.74) is 1.16. The van der Waals surface area contributed by atoms with E-state index in [0.29, 0.717) is 17.1 Å². The predicted octanol–water partition coefficient (Wildman–Crippen LogP) is 2.58. The van der Waals surface area contributed by atoms with Crippen molar-refractivity contribution in [2.45, 2.75) is 26.1 Å². The maximum atomic E-state index is 13.1. The molecule has 2 heterocycles. The average molecular weight is 250 g/mol. The Morgan fingerprint density at radius 2 is 2.00 bits per heavy atom. The van der Waals surface area contributed by atoms with Crippen LogP contribution in [0.5, 0.6) is 0 Å². The van der Waals surface area contributed by atoms with Gasteiger partial charge < -0.3 is 14.1 Å². The third-order valence-electron chi connectivity index (χ3n) is 3.03. The second-order valence-electron chi connectivity index (χ2n) is 4.77. The van der Waals surface area contributed by atoms with Gasteiger partial charge in [0, 0.05) is 19.2 Å². The van der Waals surface area contributed by atoms with Gasteiger partial charge in [-0.2, -0.15) is 4.98 Å².